The first-order valence-electron chi connectivity index (χ1n) is 9.84. The van der Waals surface area contributed by atoms with Crippen LogP contribution in [0.4, 0.5) is 0 Å². The van der Waals surface area contributed by atoms with Gasteiger partial charge in [0, 0.05) is 11.4 Å². The summed E-state index contributed by atoms with van der Waals surface area (Å²) in [6.07, 6.45) is 7.20. The number of para-hydroxylation sites is 1. The molecule has 142 valence electrons. The minimum absolute atomic E-state index is 0.0973. The summed E-state index contributed by atoms with van der Waals surface area (Å²) in [5.74, 6) is 0.0973. The normalized spacial score (nSPS) is 17.1. The van der Waals surface area contributed by atoms with Crippen molar-refractivity contribution in [2.75, 3.05) is 0 Å². The van der Waals surface area contributed by atoms with E-state index in [0.717, 1.165) is 29.2 Å². The SMILES string of the molecule is Cc1cc2nnc(SC(C)C(=O)NC3CCCCCC3)n2c2ccccc12. The molecule has 1 amide bonds. The van der Waals surface area contributed by atoms with Crippen molar-refractivity contribution in [3.05, 3.63) is 35.9 Å². The van der Waals surface area contributed by atoms with E-state index >= 15 is 0 Å². The van der Waals surface area contributed by atoms with Crippen LogP contribution in [0.1, 0.15) is 51.0 Å². The topological polar surface area (TPSA) is 59.3 Å². The molecule has 2 aromatic heterocycles. The first-order valence-corrected chi connectivity index (χ1v) is 10.7. The highest BCUT2D eigenvalue weighted by molar-refractivity contribution is 8.00. The molecule has 3 aromatic rings. The number of hydrogen-bond donors (Lipinski definition) is 1. The average molecular weight is 383 g/mol. The lowest BCUT2D eigenvalue weighted by molar-refractivity contribution is -0.121. The van der Waals surface area contributed by atoms with Crippen LogP contribution in [0.3, 0.4) is 0 Å². The number of benzene rings is 1. The van der Waals surface area contributed by atoms with Gasteiger partial charge in [-0.15, -0.1) is 10.2 Å². The van der Waals surface area contributed by atoms with Crippen molar-refractivity contribution in [3.8, 4) is 0 Å². The van der Waals surface area contributed by atoms with Crippen LogP contribution >= 0.6 is 11.8 Å². The number of hydrogen-bond acceptors (Lipinski definition) is 4. The summed E-state index contributed by atoms with van der Waals surface area (Å²) in [5.41, 5.74) is 3.09. The van der Waals surface area contributed by atoms with Gasteiger partial charge in [0.1, 0.15) is 0 Å². The number of carbonyl (C=O) groups is 1. The van der Waals surface area contributed by atoms with Crippen molar-refractivity contribution in [1.29, 1.82) is 0 Å². The van der Waals surface area contributed by atoms with Crippen LogP contribution < -0.4 is 5.32 Å². The molecule has 1 aromatic carbocycles. The van der Waals surface area contributed by atoms with Gasteiger partial charge in [0.2, 0.25) is 5.91 Å². The third-order valence-corrected chi connectivity index (χ3v) is 6.47. The van der Waals surface area contributed by atoms with Gasteiger partial charge in [-0.05, 0) is 44.4 Å². The van der Waals surface area contributed by atoms with Crippen molar-refractivity contribution in [2.24, 2.45) is 0 Å². The number of aryl methyl sites for hydroxylation is 1. The van der Waals surface area contributed by atoms with Gasteiger partial charge in [0.05, 0.1) is 10.8 Å². The fourth-order valence-corrected chi connectivity index (χ4v) is 4.78. The molecule has 1 saturated carbocycles. The van der Waals surface area contributed by atoms with E-state index in [9.17, 15) is 4.79 Å². The monoisotopic (exact) mass is 382 g/mol. The number of amides is 1. The molecule has 4 rings (SSSR count). The first-order chi connectivity index (χ1) is 13.1. The number of aromatic nitrogens is 3. The highest BCUT2D eigenvalue weighted by Gasteiger charge is 2.22. The van der Waals surface area contributed by atoms with E-state index < -0.39 is 0 Å². The Hall–Kier alpha value is -2.08. The fraction of sp³-hybridized carbons (Fsp3) is 0.476. The third kappa shape index (κ3) is 3.81. The minimum atomic E-state index is -0.208. The number of thioether (sulfide) groups is 1. The summed E-state index contributed by atoms with van der Waals surface area (Å²) in [6, 6.07) is 10.6. The Morgan fingerprint density at radius 1 is 1.19 bits per heavy atom. The summed E-state index contributed by atoms with van der Waals surface area (Å²) >= 11 is 1.48. The van der Waals surface area contributed by atoms with E-state index in [1.54, 1.807) is 0 Å². The second kappa shape index (κ2) is 7.89. The lowest BCUT2D eigenvalue weighted by Crippen LogP contribution is -2.39. The molecule has 0 aliphatic heterocycles. The molecule has 27 heavy (non-hydrogen) atoms. The Kier molecular flexibility index (Phi) is 5.34. The van der Waals surface area contributed by atoms with Gasteiger partial charge >= 0.3 is 0 Å². The lowest BCUT2D eigenvalue weighted by atomic mass is 10.1. The Morgan fingerprint density at radius 3 is 2.70 bits per heavy atom. The number of nitrogens with one attached hydrogen (secondary N) is 1. The molecule has 0 spiro atoms. The summed E-state index contributed by atoms with van der Waals surface area (Å²) in [5, 5.41) is 13.7. The number of rotatable bonds is 4. The molecule has 1 aliphatic rings. The van der Waals surface area contributed by atoms with Crippen molar-refractivity contribution < 1.29 is 4.79 Å². The second-order valence-electron chi connectivity index (χ2n) is 7.48. The quantitative estimate of drug-likeness (QED) is 0.533. The zero-order valence-electron chi connectivity index (χ0n) is 15.9. The summed E-state index contributed by atoms with van der Waals surface area (Å²) in [4.78, 5) is 12.7. The maximum absolute atomic E-state index is 12.7. The van der Waals surface area contributed by atoms with Crippen LogP contribution in [-0.2, 0) is 4.79 Å². The van der Waals surface area contributed by atoms with E-state index in [-0.39, 0.29) is 11.2 Å². The summed E-state index contributed by atoms with van der Waals surface area (Å²) in [7, 11) is 0. The molecule has 0 radical (unpaired) electrons. The highest BCUT2D eigenvalue weighted by atomic mass is 32.2. The molecule has 6 heteroatoms. The first kappa shape index (κ1) is 18.3. The molecule has 0 bridgehead atoms. The van der Waals surface area contributed by atoms with Gasteiger partial charge in [-0.3, -0.25) is 9.20 Å². The van der Waals surface area contributed by atoms with Crippen LogP contribution in [0.15, 0.2) is 35.5 Å². The Bertz CT molecular complexity index is 959. The predicted octanol–water partition coefficient (Wildman–Crippen LogP) is 4.51. The van der Waals surface area contributed by atoms with E-state index in [0.29, 0.717) is 6.04 Å². The van der Waals surface area contributed by atoms with Gasteiger partial charge in [-0.1, -0.05) is 55.6 Å². The maximum Gasteiger partial charge on any atom is 0.233 e. The molecule has 1 fully saturated rings. The van der Waals surface area contributed by atoms with Crippen LogP contribution in [0, 0.1) is 6.92 Å². The molecular formula is C21H26N4OS. The molecule has 5 nitrogen and oxygen atoms in total. The summed E-state index contributed by atoms with van der Waals surface area (Å²) in [6.45, 7) is 4.04. The number of nitrogens with zero attached hydrogens (tertiary/aromatic N) is 3. The zero-order chi connectivity index (χ0) is 18.8. The molecule has 2 heterocycles. The molecule has 1 unspecified atom stereocenters. The van der Waals surface area contributed by atoms with Gasteiger partial charge < -0.3 is 5.32 Å². The number of fused-ring (bicyclic) bond motifs is 3. The van der Waals surface area contributed by atoms with Crippen molar-refractivity contribution in [2.45, 2.75) is 68.8 Å². The smallest absolute Gasteiger partial charge is 0.233 e. The molecule has 1 atom stereocenters. The lowest BCUT2D eigenvalue weighted by Gasteiger charge is -2.19. The van der Waals surface area contributed by atoms with Crippen LogP contribution in [0.25, 0.3) is 16.6 Å². The van der Waals surface area contributed by atoms with Gasteiger partial charge in [-0.25, -0.2) is 0 Å². The third-order valence-electron chi connectivity index (χ3n) is 5.43. The highest BCUT2D eigenvalue weighted by Crippen LogP contribution is 2.28. The van der Waals surface area contributed by atoms with E-state index in [1.165, 1.54) is 48.4 Å². The standard InChI is InChI=1S/C21H26N4OS/c1-14-13-19-23-24-21(25(19)18-12-8-7-11-17(14)18)27-15(2)20(26)22-16-9-5-3-4-6-10-16/h7-8,11-13,15-16H,3-6,9-10H2,1-2H3,(H,22,26). The number of carbonyl (C=O) groups excluding carboxylic acids is 1. The molecular weight excluding hydrogens is 356 g/mol. The second-order valence-corrected chi connectivity index (χ2v) is 8.79. The largest absolute Gasteiger partial charge is 0.352 e. The molecule has 1 N–H and O–H groups in total. The Labute approximate surface area is 163 Å². The molecule has 0 saturated heterocycles. The van der Waals surface area contributed by atoms with Crippen molar-refractivity contribution >= 4 is 34.2 Å². The van der Waals surface area contributed by atoms with Gasteiger partial charge in [0.15, 0.2) is 10.8 Å². The maximum atomic E-state index is 12.7. The van der Waals surface area contributed by atoms with Crippen LogP contribution in [0.2, 0.25) is 0 Å². The fourth-order valence-electron chi connectivity index (χ4n) is 3.90. The van der Waals surface area contributed by atoms with Crippen molar-refractivity contribution in [3.63, 3.8) is 0 Å². The van der Waals surface area contributed by atoms with Crippen LogP contribution in [0.5, 0.6) is 0 Å². The Balaban J connectivity index is 1.56. The van der Waals surface area contributed by atoms with Crippen molar-refractivity contribution in [1.82, 2.24) is 19.9 Å². The predicted molar refractivity (Wildman–Crippen MR) is 110 cm³/mol. The van der Waals surface area contributed by atoms with E-state index in [4.69, 9.17) is 0 Å². The number of pyridine rings is 1. The molecule has 1 aliphatic carbocycles. The Morgan fingerprint density at radius 2 is 1.93 bits per heavy atom. The van der Waals surface area contributed by atoms with E-state index in [2.05, 4.69) is 45.0 Å². The zero-order valence-corrected chi connectivity index (χ0v) is 16.8. The van der Waals surface area contributed by atoms with Gasteiger partial charge in [0.25, 0.3) is 0 Å². The van der Waals surface area contributed by atoms with Gasteiger partial charge in [-0.2, -0.15) is 0 Å². The average Bonchev–Trinajstić information content (AvgIpc) is 2.88. The summed E-state index contributed by atoms with van der Waals surface area (Å²) < 4.78 is 2.06. The van der Waals surface area contributed by atoms with Crippen LogP contribution in [-0.4, -0.2) is 31.8 Å². The minimum Gasteiger partial charge on any atom is -0.352 e. The van der Waals surface area contributed by atoms with E-state index in [1.807, 2.05) is 19.1 Å².